The van der Waals surface area contributed by atoms with Gasteiger partial charge in [0.15, 0.2) is 5.16 Å². The van der Waals surface area contributed by atoms with E-state index in [0.717, 1.165) is 12.8 Å². The fraction of sp³-hybridized carbons (Fsp3) is 0.636. The lowest BCUT2D eigenvalue weighted by molar-refractivity contribution is -0.127. The summed E-state index contributed by atoms with van der Waals surface area (Å²) < 4.78 is 1.62. The normalized spacial score (nSPS) is 14.1. The Morgan fingerprint density at radius 2 is 2.42 bits per heavy atom. The molecule has 1 aliphatic carbocycles. The zero-order valence-electron chi connectivity index (χ0n) is 10.6. The summed E-state index contributed by atoms with van der Waals surface area (Å²) in [7, 11) is 1.67. The monoisotopic (exact) mass is 281 g/mol. The number of carbonyl (C=O) groups is 1. The molecule has 8 heteroatoms. The zero-order valence-corrected chi connectivity index (χ0v) is 11.4. The number of nitrogens with zero attached hydrogens (tertiary/aromatic N) is 4. The summed E-state index contributed by atoms with van der Waals surface area (Å²) in [5, 5.41) is 15.4. The van der Waals surface area contributed by atoms with E-state index in [1.807, 2.05) is 6.07 Å². The highest BCUT2D eigenvalue weighted by Crippen LogP contribution is 2.35. The highest BCUT2D eigenvalue weighted by Gasteiger charge is 2.28. The Bertz CT molecular complexity index is 554. The van der Waals surface area contributed by atoms with Gasteiger partial charge in [0.2, 0.25) is 5.91 Å². The Morgan fingerprint density at radius 1 is 1.68 bits per heavy atom. The third-order valence-corrected chi connectivity index (χ3v) is 3.83. The molecule has 19 heavy (non-hydrogen) atoms. The number of aromatic amines is 1. The summed E-state index contributed by atoms with van der Waals surface area (Å²) in [6, 6.07) is 2.24. The number of aromatic nitrogens is 3. The molecule has 0 unspecified atom stereocenters. The van der Waals surface area contributed by atoms with Gasteiger partial charge in [-0.15, -0.1) is 5.10 Å². The molecule has 1 aromatic rings. The molecular weight excluding hydrogens is 266 g/mol. The van der Waals surface area contributed by atoms with Crippen molar-refractivity contribution in [3.63, 3.8) is 0 Å². The van der Waals surface area contributed by atoms with Gasteiger partial charge in [-0.3, -0.25) is 9.36 Å². The second kappa shape index (κ2) is 5.93. The summed E-state index contributed by atoms with van der Waals surface area (Å²) >= 11 is 1.25. The third kappa shape index (κ3) is 3.38. The number of hydrogen-bond donors (Lipinski definition) is 1. The summed E-state index contributed by atoms with van der Waals surface area (Å²) in [5.74, 6) is 0.150. The first-order valence-corrected chi connectivity index (χ1v) is 7.02. The first-order chi connectivity index (χ1) is 9.13. The van der Waals surface area contributed by atoms with Crippen molar-refractivity contribution >= 4 is 17.7 Å². The minimum Gasteiger partial charge on any atom is -0.344 e. The van der Waals surface area contributed by atoms with Gasteiger partial charge >= 0.3 is 5.69 Å². The lowest BCUT2D eigenvalue weighted by atomic mass is 10.4. The standard InChI is InChI=1S/C11H15N5O2S/c1-15(6-2-5-12)9(17)7-19-11-14-13-10(18)16(11)8-3-4-8/h8H,2-4,6-7H2,1H3,(H,13,18). The van der Waals surface area contributed by atoms with Crippen LogP contribution < -0.4 is 5.69 Å². The number of nitriles is 1. The van der Waals surface area contributed by atoms with E-state index in [9.17, 15) is 9.59 Å². The van der Waals surface area contributed by atoms with Crippen LogP contribution in [0.15, 0.2) is 9.95 Å². The van der Waals surface area contributed by atoms with Gasteiger partial charge < -0.3 is 4.90 Å². The van der Waals surface area contributed by atoms with Crippen molar-refractivity contribution in [1.29, 1.82) is 5.26 Å². The van der Waals surface area contributed by atoms with E-state index in [1.54, 1.807) is 11.6 Å². The summed E-state index contributed by atoms with van der Waals surface area (Å²) in [5.41, 5.74) is -0.213. The molecule has 1 amide bonds. The van der Waals surface area contributed by atoms with Crippen LogP contribution in [0.25, 0.3) is 0 Å². The maximum Gasteiger partial charge on any atom is 0.344 e. The molecule has 1 aliphatic rings. The van der Waals surface area contributed by atoms with Crippen LogP contribution in [0.5, 0.6) is 0 Å². The van der Waals surface area contributed by atoms with Crippen molar-refractivity contribution in [2.24, 2.45) is 0 Å². The topological polar surface area (TPSA) is 94.8 Å². The molecule has 2 rings (SSSR count). The van der Waals surface area contributed by atoms with Crippen LogP contribution >= 0.6 is 11.8 Å². The van der Waals surface area contributed by atoms with Gasteiger partial charge in [0.25, 0.3) is 0 Å². The highest BCUT2D eigenvalue weighted by atomic mass is 32.2. The zero-order chi connectivity index (χ0) is 13.8. The largest absolute Gasteiger partial charge is 0.344 e. The van der Waals surface area contributed by atoms with Crippen LogP contribution in [0, 0.1) is 11.3 Å². The number of rotatable bonds is 6. The number of thioether (sulfide) groups is 1. The van der Waals surface area contributed by atoms with E-state index in [0.29, 0.717) is 18.1 Å². The molecule has 7 nitrogen and oxygen atoms in total. The molecule has 102 valence electrons. The first-order valence-electron chi connectivity index (χ1n) is 6.04. The predicted molar refractivity (Wildman–Crippen MR) is 69.7 cm³/mol. The van der Waals surface area contributed by atoms with E-state index in [2.05, 4.69) is 10.2 Å². The van der Waals surface area contributed by atoms with Crippen LogP contribution in [0.1, 0.15) is 25.3 Å². The molecule has 1 fully saturated rings. The lowest BCUT2D eigenvalue weighted by Crippen LogP contribution is -2.29. The van der Waals surface area contributed by atoms with E-state index < -0.39 is 0 Å². The average molecular weight is 281 g/mol. The first kappa shape index (κ1) is 13.7. The minimum absolute atomic E-state index is 0.0713. The lowest BCUT2D eigenvalue weighted by Gasteiger charge is -2.14. The second-order valence-electron chi connectivity index (χ2n) is 4.42. The van der Waals surface area contributed by atoms with Crippen LogP contribution in [0.3, 0.4) is 0 Å². The smallest absolute Gasteiger partial charge is 0.344 e. The Morgan fingerprint density at radius 3 is 3.05 bits per heavy atom. The molecule has 0 bridgehead atoms. The predicted octanol–water partition coefficient (Wildman–Crippen LogP) is 0.370. The number of H-pyrrole nitrogens is 1. The van der Waals surface area contributed by atoms with Crippen molar-refractivity contribution in [3.05, 3.63) is 10.5 Å². The van der Waals surface area contributed by atoms with E-state index in [-0.39, 0.29) is 23.4 Å². The van der Waals surface area contributed by atoms with Crippen LogP contribution in [-0.4, -0.2) is 44.9 Å². The Kier molecular flexibility index (Phi) is 4.27. The maximum atomic E-state index is 11.8. The molecule has 0 atom stereocenters. The van der Waals surface area contributed by atoms with Crippen molar-refractivity contribution in [3.8, 4) is 6.07 Å². The van der Waals surface area contributed by atoms with Crippen LogP contribution in [-0.2, 0) is 4.79 Å². The highest BCUT2D eigenvalue weighted by molar-refractivity contribution is 7.99. The molecule has 1 heterocycles. The fourth-order valence-corrected chi connectivity index (χ4v) is 2.58. The molecule has 1 saturated carbocycles. The number of hydrogen-bond acceptors (Lipinski definition) is 5. The molecule has 1 aromatic heterocycles. The Hall–Kier alpha value is -1.75. The maximum absolute atomic E-state index is 11.8. The Labute approximate surface area is 114 Å². The molecule has 0 saturated heterocycles. The third-order valence-electron chi connectivity index (χ3n) is 2.89. The molecule has 0 aromatic carbocycles. The molecule has 0 spiro atoms. The second-order valence-corrected chi connectivity index (χ2v) is 5.37. The van der Waals surface area contributed by atoms with Gasteiger partial charge in [-0.25, -0.2) is 9.89 Å². The SMILES string of the molecule is CN(CCC#N)C(=O)CSc1n[nH]c(=O)n1C1CC1. The summed E-state index contributed by atoms with van der Waals surface area (Å²) in [6.07, 6.45) is 2.30. The average Bonchev–Trinajstić information content (AvgIpc) is 3.17. The molecule has 1 N–H and O–H groups in total. The number of amides is 1. The van der Waals surface area contributed by atoms with Crippen molar-refractivity contribution < 1.29 is 4.79 Å². The van der Waals surface area contributed by atoms with Gasteiger partial charge in [-0.05, 0) is 12.8 Å². The molecule has 0 aliphatic heterocycles. The van der Waals surface area contributed by atoms with Crippen molar-refractivity contribution in [2.75, 3.05) is 19.3 Å². The van der Waals surface area contributed by atoms with Gasteiger partial charge in [-0.1, -0.05) is 11.8 Å². The van der Waals surface area contributed by atoms with E-state index >= 15 is 0 Å². The van der Waals surface area contributed by atoms with Gasteiger partial charge in [0.05, 0.1) is 18.2 Å². The van der Waals surface area contributed by atoms with Gasteiger partial charge in [-0.2, -0.15) is 5.26 Å². The quantitative estimate of drug-likeness (QED) is 0.760. The number of nitrogens with one attached hydrogen (secondary N) is 1. The number of carbonyl (C=O) groups excluding carboxylic acids is 1. The van der Waals surface area contributed by atoms with E-state index in [4.69, 9.17) is 5.26 Å². The molecule has 0 radical (unpaired) electrons. The van der Waals surface area contributed by atoms with Gasteiger partial charge in [0.1, 0.15) is 0 Å². The summed E-state index contributed by atoms with van der Waals surface area (Å²) in [6.45, 7) is 0.423. The Balaban J connectivity index is 1.90. The van der Waals surface area contributed by atoms with Crippen LogP contribution in [0.2, 0.25) is 0 Å². The van der Waals surface area contributed by atoms with Crippen molar-refractivity contribution in [1.82, 2.24) is 19.7 Å². The van der Waals surface area contributed by atoms with Crippen LogP contribution in [0.4, 0.5) is 0 Å². The van der Waals surface area contributed by atoms with Gasteiger partial charge in [0, 0.05) is 19.6 Å². The van der Waals surface area contributed by atoms with E-state index in [1.165, 1.54) is 16.7 Å². The van der Waals surface area contributed by atoms with Crippen molar-refractivity contribution in [2.45, 2.75) is 30.5 Å². The molecular formula is C11H15N5O2S. The summed E-state index contributed by atoms with van der Waals surface area (Å²) in [4.78, 5) is 24.9. The minimum atomic E-state index is -0.213. The fourth-order valence-electron chi connectivity index (χ4n) is 1.63.